The van der Waals surface area contributed by atoms with E-state index >= 15 is 0 Å². The number of nitrogens with two attached hydrogens (primary N) is 1. The third-order valence-electron chi connectivity index (χ3n) is 4.72. The van der Waals surface area contributed by atoms with Gasteiger partial charge in [0.2, 0.25) is 11.8 Å². The minimum atomic E-state index is -0.632. The summed E-state index contributed by atoms with van der Waals surface area (Å²) in [6.45, 7) is -0.253. The van der Waals surface area contributed by atoms with Crippen LogP contribution >= 0.6 is 0 Å². The summed E-state index contributed by atoms with van der Waals surface area (Å²) in [5.74, 6) is -1.31. The molecule has 0 bridgehead atoms. The van der Waals surface area contributed by atoms with Gasteiger partial charge in [-0.3, -0.25) is 14.4 Å². The van der Waals surface area contributed by atoms with Gasteiger partial charge in [-0.1, -0.05) is 36.4 Å². The Balaban J connectivity index is 1.52. The first-order valence-electron chi connectivity index (χ1n) is 9.35. The number of amides is 3. The highest BCUT2D eigenvalue weighted by atomic mass is 16.3. The molecule has 0 atom stereocenters. The summed E-state index contributed by atoms with van der Waals surface area (Å²) < 4.78 is 5.63. The fourth-order valence-corrected chi connectivity index (χ4v) is 3.39. The molecule has 3 amide bonds. The van der Waals surface area contributed by atoms with E-state index in [1.54, 1.807) is 24.5 Å². The highest BCUT2D eigenvalue weighted by Crippen LogP contribution is 2.30. The van der Waals surface area contributed by atoms with Gasteiger partial charge in [-0.15, -0.1) is 0 Å². The summed E-state index contributed by atoms with van der Waals surface area (Å²) in [6, 6.07) is 18.3. The maximum absolute atomic E-state index is 12.6. The Hall–Kier alpha value is -4.13. The number of primary amides is 1. The van der Waals surface area contributed by atoms with E-state index in [9.17, 15) is 14.4 Å². The SMILES string of the molecule is NC(=O)CNC(=O)c1cccc(NC(=O)Cc2coc3ccc4ccccc4c23)c1. The number of nitrogens with one attached hydrogen (secondary N) is 2. The van der Waals surface area contributed by atoms with E-state index in [4.69, 9.17) is 10.2 Å². The van der Waals surface area contributed by atoms with Gasteiger partial charge in [-0.05, 0) is 35.0 Å². The van der Waals surface area contributed by atoms with Crippen LogP contribution < -0.4 is 16.4 Å². The highest BCUT2D eigenvalue weighted by molar-refractivity contribution is 6.09. The molecule has 0 radical (unpaired) electrons. The molecular weight excluding hydrogens is 382 g/mol. The minimum absolute atomic E-state index is 0.124. The van der Waals surface area contributed by atoms with Crippen LogP contribution in [0.1, 0.15) is 15.9 Å². The molecule has 0 unspecified atom stereocenters. The second-order valence-corrected chi connectivity index (χ2v) is 6.88. The van der Waals surface area contributed by atoms with Gasteiger partial charge in [0.25, 0.3) is 5.91 Å². The Morgan fingerprint density at radius 2 is 1.80 bits per heavy atom. The molecule has 0 spiro atoms. The lowest BCUT2D eigenvalue weighted by molar-refractivity contribution is -0.117. The van der Waals surface area contributed by atoms with Gasteiger partial charge in [-0.25, -0.2) is 0 Å². The summed E-state index contributed by atoms with van der Waals surface area (Å²) in [5, 5.41) is 8.23. The van der Waals surface area contributed by atoms with Crippen LogP contribution in [-0.4, -0.2) is 24.3 Å². The molecule has 3 aromatic carbocycles. The molecule has 30 heavy (non-hydrogen) atoms. The smallest absolute Gasteiger partial charge is 0.251 e. The fraction of sp³-hybridized carbons (Fsp3) is 0.0870. The maximum Gasteiger partial charge on any atom is 0.251 e. The second kappa shape index (κ2) is 8.08. The van der Waals surface area contributed by atoms with Crippen LogP contribution in [0.15, 0.2) is 71.3 Å². The molecule has 7 nitrogen and oxygen atoms in total. The second-order valence-electron chi connectivity index (χ2n) is 6.88. The molecular formula is C23H19N3O4. The summed E-state index contributed by atoms with van der Waals surface area (Å²) >= 11 is 0. The predicted molar refractivity (Wildman–Crippen MR) is 114 cm³/mol. The molecule has 7 heteroatoms. The number of rotatable bonds is 6. The van der Waals surface area contributed by atoms with Crippen LogP contribution in [0.5, 0.6) is 0 Å². The highest BCUT2D eigenvalue weighted by Gasteiger charge is 2.14. The topological polar surface area (TPSA) is 114 Å². The molecule has 4 rings (SSSR count). The zero-order valence-corrected chi connectivity index (χ0v) is 16.0. The number of furan rings is 1. The third-order valence-corrected chi connectivity index (χ3v) is 4.72. The van der Waals surface area contributed by atoms with E-state index in [0.717, 1.165) is 27.3 Å². The number of hydrogen-bond acceptors (Lipinski definition) is 4. The van der Waals surface area contributed by atoms with Crippen LogP contribution in [0.4, 0.5) is 5.69 Å². The van der Waals surface area contributed by atoms with Gasteiger partial charge >= 0.3 is 0 Å². The van der Waals surface area contributed by atoms with Crippen molar-refractivity contribution in [1.82, 2.24) is 5.32 Å². The molecule has 0 saturated heterocycles. The summed E-state index contributed by atoms with van der Waals surface area (Å²) in [5.41, 5.74) is 7.34. The molecule has 1 aromatic heterocycles. The van der Waals surface area contributed by atoms with Crippen molar-refractivity contribution in [1.29, 1.82) is 0 Å². The molecule has 4 aromatic rings. The van der Waals surface area contributed by atoms with E-state index in [2.05, 4.69) is 10.6 Å². The van der Waals surface area contributed by atoms with Gasteiger partial charge in [0.15, 0.2) is 0 Å². The molecule has 0 aliphatic rings. The first-order chi connectivity index (χ1) is 14.5. The largest absolute Gasteiger partial charge is 0.464 e. The third kappa shape index (κ3) is 4.00. The van der Waals surface area contributed by atoms with E-state index in [1.165, 1.54) is 6.07 Å². The Bertz CT molecular complexity index is 1280. The van der Waals surface area contributed by atoms with Gasteiger partial charge in [0, 0.05) is 22.2 Å². The summed E-state index contributed by atoms with van der Waals surface area (Å²) in [7, 11) is 0. The van der Waals surface area contributed by atoms with Gasteiger partial charge in [0.05, 0.1) is 19.2 Å². The first-order valence-corrected chi connectivity index (χ1v) is 9.35. The minimum Gasteiger partial charge on any atom is -0.464 e. The number of benzene rings is 3. The lowest BCUT2D eigenvalue weighted by atomic mass is 10.0. The maximum atomic E-state index is 12.6. The number of carbonyl (C=O) groups is 3. The van der Waals surface area contributed by atoms with Crippen molar-refractivity contribution in [3.63, 3.8) is 0 Å². The fourth-order valence-electron chi connectivity index (χ4n) is 3.39. The van der Waals surface area contributed by atoms with Crippen molar-refractivity contribution >= 4 is 45.2 Å². The van der Waals surface area contributed by atoms with Crippen molar-refractivity contribution in [3.05, 3.63) is 78.1 Å². The number of fused-ring (bicyclic) bond motifs is 3. The first kappa shape index (κ1) is 19.2. The Kier molecular flexibility index (Phi) is 5.17. The molecule has 1 heterocycles. The standard InChI is InChI=1S/C23H19N3O4/c24-20(27)12-25-23(29)15-5-3-6-17(10-15)26-21(28)11-16-13-30-19-9-8-14-4-1-2-7-18(14)22(16)19/h1-10,13H,11-12H2,(H2,24,27)(H,25,29)(H,26,28). The van der Waals surface area contributed by atoms with Gasteiger partial charge in [0.1, 0.15) is 5.58 Å². The lowest BCUT2D eigenvalue weighted by Crippen LogP contribution is -2.33. The Morgan fingerprint density at radius 1 is 0.967 bits per heavy atom. The van der Waals surface area contributed by atoms with Gasteiger partial charge in [-0.2, -0.15) is 0 Å². The van der Waals surface area contributed by atoms with Crippen molar-refractivity contribution in [2.24, 2.45) is 5.73 Å². The van der Waals surface area contributed by atoms with Crippen molar-refractivity contribution in [3.8, 4) is 0 Å². The number of hydrogen-bond donors (Lipinski definition) is 3. The van der Waals surface area contributed by atoms with E-state index in [-0.39, 0.29) is 18.9 Å². The van der Waals surface area contributed by atoms with E-state index in [0.29, 0.717) is 11.3 Å². The number of anilines is 1. The van der Waals surface area contributed by atoms with Crippen molar-refractivity contribution < 1.29 is 18.8 Å². The zero-order chi connectivity index (χ0) is 21.1. The summed E-state index contributed by atoms with van der Waals surface area (Å²) in [6.07, 6.45) is 1.73. The molecule has 0 aliphatic carbocycles. The van der Waals surface area contributed by atoms with E-state index < -0.39 is 11.8 Å². The van der Waals surface area contributed by atoms with Gasteiger partial charge < -0.3 is 20.8 Å². The molecule has 0 fully saturated rings. The molecule has 0 saturated carbocycles. The number of carbonyl (C=O) groups excluding carboxylic acids is 3. The van der Waals surface area contributed by atoms with Crippen molar-refractivity contribution in [2.45, 2.75) is 6.42 Å². The zero-order valence-electron chi connectivity index (χ0n) is 16.0. The quantitative estimate of drug-likeness (QED) is 0.461. The molecule has 4 N–H and O–H groups in total. The molecule has 0 aliphatic heterocycles. The van der Waals surface area contributed by atoms with Crippen LogP contribution in [0.2, 0.25) is 0 Å². The lowest BCUT2D eigenvalue weighted by Gasteiger charge is -2.08. The monoisotopic (exact) mass is 401 g/mol. The van der Waals surface area contributed by atoms with Crippen LogP contribution in [0.25, 0.3) is 21.7 Å². The van der Waals surface area contributed by atoms with E-state index in [1.807, 2.05) is 36.4 Å². The Labute approximate surface area is 171 Å². The predicted octanol–water partition coefficient (Wildman–Crippen LogP) is 2.98. The van der Waals surface area contributed by atoms with Crippen LogP contribution in [-0.2, 0) is 16.0 Å². The summed E-state index contributed by atoms with van der Waals surface area (Å²) in [4.78, 5) is 35.5. The van der Waals surface area contributed by atoms with Crippen LogP contribution in [0, 0.1) is 0 Å². The normalized spacial score (nSPS) is 10.8. The Morgan fingerprint density at radius 3 is 2.63 bits per heavy atom. The average Bonchev–Trinajstić information content (AvgIpc) is 3.15. The van der Waals surface area contributed by atoms with Crippen molar-refractivity contribution in [2.75, 3.05) is 11.9 Å². The average molecular weight is 401 g/mol. The molecule has 150 valence electrons. The van der Waals surface area contributed by atoms with Crippen LogP contribution in [0.3, 0.4) is 0 Å².